The molecule has 1 fully saturated rings. The van der Waals surface area contributed by atoms with Crippen molar-refractivity contribution in [1.29, 1.82) is 0 Å². The number of carbonyl (C=O) groups is 1. The summed E-state index contributed by atoms with van der Waals surface area (Å²) < 4.78 is 10.3. The molecule has 5 atom stereocenters. The first-order valence-electron chi connectivity index (χ1n) is 6.51. The quantitative estimate of drug-likeness (QED) is 0.443. The van der Waals surface area contributed by atoms with E-state index >= 15 is 0 Å². The van der Waals surface area contributed by atoms with E-state index in [9.17, 15) is 15.0 Å². The van der Waals surface area contributed by atoms with E-state index in [0.717, 1.165) is 4.90 Å². The third kappa shape index (κ3) is 4.02. The van der Waals surface area contributed by atoms with Crippen LogP contribution in [0.4, 0.5) is 4.79 Å². The minimum atomic E-state index is -1.35. The number of aliphatic hydroxyl groups is 3. The molecule has 0 radical (unpaired) electrons. The lowest BCUT2D eigenvalue weighted by Gasteiger charge is -2.44. The number of rotatable bonds is 6. The Kier molecular flexibility index (Phi) is 6.79. The molecule has 0 aromatic carbocycles. The molecule has 120 valence electrons. The number of amides is 1. The second-order valence-electron chi connectivity index (χ2n) is 4.61. The van der Waals surface area contributed by atoms with E-state index in [0.29, 0.717) is 0 Å². The fourth-order valence-corrected chi connectivity index (χ4v) is 2.03. The molecule has 5 N–H and O–H groups in total. The van der Waals surface area contributed by atoms with Gasteiger partial charge in [-0.15, -0.1) is 6.58 Å². The Balaban J connectivity index is 2.91. The summed E-state index contributed by atoms with van der Waals surface area (Å²) in [4.78, 5) is 13.1. The molecule has 0 aromatic heterocycles. The van der Waals surface area contributed by atoms with Crippen molar-refractivity contribution in [3.05, 3.63) is 25.3 Å². The lowest BCUT2D eigenvalue weighted by Crippen LogP contribution is -2.67. The molecule has 1 aliphatic rings. The summed E-state index contributed by atoms with van der Waals surface area (Å²) in [6, 6.07) is -1.06. The van der Waals surface area contributed by atoms with E-state index < -0.39 is 43.3 Å². The largest absolute Gasteiger partial charge is 0.445 e. The molecule has 1 aliphatic heterocycles. The van der Waals surface area contributed by atoms with Crippen LogP contribution in [-0.4, -0.2) is 76.7 Å². The molecule has 0 saturated carbocycles. The highest BCUT2D eigenvalue weighted by molar-refractivity contribution is 5.68. The fourth-order valence-electron chi connectivity index (χ4n) is 2.03. The summed E-state index contributed by atoms with van der Waals surface area (Å²) in [6.45, 7) is 6.51. The predicted molar refractivity (Wildman–Crippen MR) is 74.2 cm³/mol. The molecule has 0 bridgehead atoms. The number of nitrogens with zero attached hydrogens (tertiary/aromatic N) is 1. The minimum absolute atomic E-state index is 0.00302. The normalized spacial score (nSPS) is 32.3. The Bertz CT molecular complexity index is 376. The van der Waals surface area contributed by atoms with Gasteiger partial charge in [0.05, 0.1) is 12.6 Å². The lowest BCUT2D eigenvalue weighted by molar-refractivity contribution is -0.219. The van der Waals surface area contributed by atoms with Gasteiger partial charge < -0.3 is 30.5 Å². The van der Waals surface area contributed by atoms with Gasteiger partial charge in [0, 0.05) is 6.54 Å². The molecule has 0 spiro atoms. The summed E-state index contributed by atoms with van der Waals surface area (Å²) in [5.41, 5.74) is 5.81. The molecule has 1 saturated heterocycles. The molecule has 8 heteroatoms. The van der Waals surface area contributed by atoms with Crippen molar-refractivity contribution < 1.29 is 29.6 Å². The van der Waals surface area contributed by atoms with Crippen molar-refractivity contribution in [2.75, 3.05) is 19.8 Å². The Morgan fingerprint density at radius 1 is 1.33 bits per heavy atom. The monoisotopic (exact) mass is 302 g/mol. The maximum absolute atomic E-state index is 12.0. The van der Waals surface area contributed by atoms with Crippen LogP contribution in [0.5, 0.6) is 0 Å². The second kappa shape index (κ2) is 8.11. The summed E-state index contributed by atoms with van der Waals surface area (Å²) in [7, 11) is 0. The van der Waals surface area contributed by atoms with E-state index in [1.807, 2.05) is 0 Å². The molecule has 1 amide bonds. The molecule has 0 aliphatic carbocycles. The maximum Gasteiger partial charge on any atom is 0.412 e. The summed E-state index contributed by atoms with van der Waals surface area (Å²) in [5.74, 6) is 0. The molecule has 1 heterocycles. The Morgan fingerprint density at radius 3 is 2.52 bits per heavy atom. The molecule has 8 nitrogen and oxygen atoms in total. The van der Waals surface area contributed by atoms with Crippen molar-refractivity contribution >= 4 is 6.09 Å². The van der Waals surface area contributed by atoms with Crippen LogP contribution in [0.2, 0.25) is 0 Å². The van der Waals surface area contributed by atoms with E-state index in [4.69, 9.17) is 20.3 Å². The number of ether oxygens (including phenoxy) is 2. The molecule has 0 unspecified atom stereocenters. The first kappa shape index (κ1) is 17.6. The highest BCUT2D eigenvalue weighted by atomic mass is 16.6. The van der Waals surface area contributed by atoms with Crippen molar-refractivity contribution in [3.8, 4) is 0 Å². The van der Waals surface area contributed by atoms with Gasteiger partial charge in [0.25, 0.3) is 0 Å². The lowest BCUT2D eigenvalue weighted by atomic mass is 9.96. The SMILES string of the molecule is C=CCOC(=O)N(CC=C)[C@@H]1O[C@H](CO)[C@H](O)[C@H](O)[C@H]1N. The first-order chi connectivity index (χ1) is 9.97. The van der Waals surface area contributed by atoms with Gasteiger partial charge in [0.2, 0.25) is 0 Å². The topological polar surface area (TPSA) is 125 Å². The third-order valence-corrected chi connectivity index (χ3v) is 3.14. The smallest absolute Gasteiger partial charge is 0.412 e. The van der Waals surface area contributed by atoms with Crippen LogP contribution >= 0.6 is 0 Å². The average molecular weight is 302 g/mol. The Morgan fingerprint density at radius 2 is 2.00 bits per heavy atom. The fraction of sp³-hybridized carbons (Fsp3) is 0.615. The van der Waals surface area contributed by atoms with Crippen molar-refractivity contribution in [3.63, 3.8) is 0 Å². The molecule has 1 rings (SSSR count). The summed E-state index contributed by atoms with van der Waals surface area (Å²) in [6.07, 6.45) is -2.68. The van der Waals surface area contributed by atoms with Crippen LogP contribution in [0.3, 0.4) is 0 Å². The number of nitrogens with two attached hydrogens (primary N) is 1. The molecular weight excluding hydrogens is 280 g/mol. The van der Waals surface area contributed by atoms with Crippen LogP contribution in [-0.2, 0) is 9.47 Å². The van der Waals surface area contributed by atoms with E-state index in [2.05, 4.69) is 13.2 Å². The standard InChI is InChI=1S/C13H22N2O6/c1-3-5-15(13(19)20-6-4-2)12-9(14)11(18)10(17)8(7-16)21-12/h3-4,8-12,16-18H,1-2,5-7,14H2/t8-,9-,10+,11-,12-/m1/s1. The van der Waals surface area contributed by atoms with Crippen LogP contribution < -0.4 is 5.73 Å². The second-order valence-corrected chi connectivity index (χ2v) is 4.61. The van der Waals surface area contributed by atoms with Crippen LogP contribution in [0, 0.1) is 0 Å². The van der Waals surface area contributed by atoms with E-state index in [-0.39, 0.29) is 13.2 Å². The average Bonchev–Trinajstić information content (AvgIpc) is 2.49. The minimum Gasteiger partial charge on any atom is -0.445 e. The molecule has 21 heavy (non-hydrogen) atoms. The number of aliphatic hydroxyl groups excluding tert-OH is 3. The van der Waals surface area contributed by atoms with Gasteiger partial charge in [-0.2, -0.15) is 0 Å². The highest BCUT2D eigenvalue weighted by Gasteiger charge is 2.46. The predicted octanol–water partition coefficient (Wildman–Crippen LogP) is -1.44. The maximum atomic E-state index is 12.0. The zero-order chi connectivity index (χ0) is 16.0. The van der Waals surface area contributed by atoms with Gasteiger partial charge >= 0.3 is 6.09 Å². The number of carbonyl (C=O) groups excluding carboxylic acids is 1. The summed E-state index contributed by atoms with van der Waals surface area (Å²) in [5, 5.41) is 28.8. The van der Waals surface area contributed by atoms with E-state index in [1.165, 1.54) is 12.2 Å². The van der Waals surface area contributed by atoms with Crippen molar-refractivity contribution in [1.82, 2.24) is 4.90 Å². The van der Waals surface area contributed by atoms with Crippen molar-refractivity contribution in [2.24, 2.45) is 5.73 Å². The van der Waals surface area contributed by atoms with Gasteiger partial charge in [0.1, 0.15) is 24.9 Å². The first-order valence-corrected chi connectivity index (χ1v) is 6.51. The van der Waals surface area contributed by atoms with Crippen LogP contribution in [0.1, 0.15) is 0 Å². The molecule has 0 aromatic rings. The van der Waals surface area contributed by atoms with Gasteiger partial charge in [-0.05, 0) is 0 Å². The van der Waals surface area contributed by atoms with Crippen molar-refractivity contribution in [2.45, 2.75) is 30.6 Å². The zero-order valence-electron chi connectivity index (χ0n) is 11.7. The summed E-state index contributed by atoms with van der Waals surface area (Å²) >= 11 is 0. The van der Waals surface area contributed by atoms with E-state index in [1.54, 1.807) is 0 Å². The van der Waals surface area contributed by atoms with Crippen LogP contribution in [0.15, 0.2) is 25.3 Å². The third-order valence-electron chi connectivity index (χ3n) is 3.14. The van der Waals surface area contributed by atoms with Crippen LogP contribution in [0.25, 0.3) is 0 Å². The van der Waals surface area contributed by atoms with Gasteiger partial charge in [-0.25, -0.2) is 4.79 Å². The Hall–Kier alpha value is -1.45. The Labute approximate surface area is 123 Å². The van der Waals surface area contributed by atoms with Gasteiger partial charge in [-0.1, -0.05) is 18.7 Å². The molecular formula is C13H22N2O6. The highest BCUT2D eigenvalue weighted by Crippen LogP contribution is 2.23. The zero-order valence-corrected chi connectivity index (χ0v) is 11.7. The van der Waals surface area contributed by atoms with Gasteiger partial charge in [0.15, 0.2) is 6.23 Å². The number of hydrogen-bond acceptors (Lipinski definition) is 7. The number of hydrogen-bond donors (Lipinski definition) is 4. The van der Waals surface area contributed by atoms with Gasteiger partial charge in [-0.3, -0.25) is 4.90 Å².